The van der Waals surface area contributed by atoms with Gasteiger partial charge in [-0.05, 0) is 48.4 Å². The topological polar surface area (TPSA) is 96.0 Å². The van der Waals surface area contributed by atoms with E-state index in [2.05, 4.69) is 4.72 Å². The van der Waals surface area contributed by atoms with E-state index in [0.717, 1.165) is 5.69 Å². The number of nitrogens with one attached hydrogen (secondary N) is 1. The van der Waals surface area contributed by atoms with E-state index >= 15 is 0 Å². The Bertz CT molecular complexity index is 1120. The minimum absolute atomic E-state index is 0.000868. The van der Waals surface area contributed by atoms with E-state index in [1.165, 1.54) is 23.5 Å². The van der Waals surface area contributed by atoms with Crippen LogP contribution in [0.3, 0.4) is 0 Å². The average Bonchev–Trinajstić information content (AvgIpc) is 2.70. The van der Waals surface area contributed by atoms with Gasteiger partial charge in [0.05, 0.1) is 17.3 Å². The highest BCUT2D eigenvalue weighted by Gasteiger charge is 2.26. The van der Waals surface area contributed by atoms with Crippen molar-refractivity contribution >= 4 is 43.0 Å². The summed E-state index contributed by atoms with van der Waals surface area (Å²) in [5.74, 6) is 0.000868. The van der Waals surface area contributed by atoms with Gasteiger partial charge in [-0.1, -0.05) is 24.6 Å². The van der Waals surface area contributed by atoms with Gasteiger partial charge in [0.15, 0.2) is 0 Å². The van der Waals surface area contributed by atoms with Crippen LogP contribution in [0.15, 0.2) is 47.4 Å². The van der Waals surface area contributed by atoms with Crippen LogP contribution in [-0.2, 0) is 31.3 Å². The van der Waals surface area contributed by atoms with Crippen molar-refractivity contribution in [2.24, 2.45) is 0 Å². The van der Waals surface area contributed by atoms with Gasteiger partial charge in [-0.25, -0.2) is 16.8 Å². The van der Waals surface area contributed by atoms with Crippen molar-refractivity contribution in [3.63, 3.8) is 0 Å². The molecule has 0 aliphatic rings. The molecule has 0 radical (unpaired) electrons. The van der Waals surface area contributed by atoms with E-state index in [0.29, 0.717) is 22.7 Å². The number of nitrogens with zero attached hydrogens (tertiary/aromatic N) is 2. The van der Waals surface area contributed by atoms with Gasteiger partial charge in [-0.2, -0.15) is 4.31 Å². The SMILES string of the molecule is CCCS(=O)(=O)Nc1ccc(N(C)C)c(CN(CCOC)S(=O)(=O)c2cccc(Cl)c2)c1. The first-order valence-corrected chi connectivity index (χ1v) is 13.5. The maximum Gasteiger partial charge on any atom is 0.243 e. The fraction of sp³-hybridized carbons (Fsp3) is 0.429. The summed E-state index contributed by atoms with van der Waals surface area (Å²) in [4.78, 5) is 1.92. The second kappa shape index (κ2) is 11.3. The molecule has 0 aliphatic carbocycles. The maximum atomic E-state index is 13.4. The molecule has 0 unspecified atom stereocenters. The smallest absolute Gasteiger partial charge is 0.243 e. The molecule has 0 saturated carbocycles. The zero-order chi connectivity index (χ0) is 23.9. The molecule has 2 aromatic carbocycles. The predicted octanol–water partition coefficient (Wildman–Crippen LogP) is 3.40. The molecule has 178 valence electrons. The summed E-state index contributed by atoms with van der Waals surface area (Å²) in [5.41, 5.74) is 1.80. The van der Waals surface area contributed by atoms with Crippen LogP contribution in [0, 0.1) is 0 Å². The van der Waals surface area contributed by atoms with Crippen LogP contribution in [0.4, 0.5) is 11.4 Å². The summed E-state index contributed by atoms with van der Waals surface area (Å²) < 4.78 is 60.1. The van der Waals surface area contributed by atoms with Gasteiger partial charge in [-0.3, -0.25) is 4.72 Å². The third-order valence-electron chi connectivity index (χ3n) is 4.63. The fourth-order valence-corrected chi connectivity index (χ4v) is 5.98. The molecule has 8 nitrogen and oxygen atoms in total. The van der Waals surface area contributed by atoms with Crippen molar-refractivity contribution in [1.29, 1.82) is 0 Å². The molecule has 0 aliphatic heterocycles. The summed E-state index contributed by atoms with van der Waals surface area (Å²) in [5, 5.41) is 0.319. The number of ether oxygens (including phenoxy) is 1. The number of anilines is 2. The summed E-state index contributed by atoms with van der Waals surface area (Å²) in [6, 6.07) is 11.2. The molecule has 0 amide bonds. The first-order valence-electron chi connectivity index (χ1n) is 10.1. The van der Waals surface area contributed by atoms with E-state index in [1.54, 1.807) is 37.3 Å². The van der Waals surface area contributed by atoms with Crippen LogP contribution >= 0.6 is 11.6 Å². The van der Waals surface area contributed by atoms with E-state index in [1.807, 2.05) is 19.0 Å². The molecule has 0 bridgehead atoms. The quantitative estimate of drug-likeness (QED) is 0.477. The Kier molecular flexibility index (Phi) is 9.35. The normalized spacial score (nSPS) is 12.2. The fourth-order valence-electron chi connectivity index (χ4n) is 3.16. The second-order valence-electron chi connectivity index (χ2n) is 7.45. The zero-order valence-electron chi connectivity index (χ0n) is 18.7. The van der Waals surface area contributed by atoms with Gasteiger partial charge < -0.3 is 9.64 Å². The van der Waals surface area contributed by atoms with E-state index in [9.17, 15) is 16.8 Å². The molecule has 0 aromatic heterocycles. The Morgan fingerprint density at radius 3 is 2.38 bits per heavy atom. The number of hydrogen-bond acceptors (Lipinski definition) is 6. The molecular formula is C21H30ClN3O5S2. The van der Waals surface area contributed by atoms with Gasteiger partial charge in [0.1, 0.15) is 0 Å². The molecule has 32 heavy (non-hydrogen) atoms. The third-order valence-corrected chi connectivity index (χ3v) is 8.20. The van der Waals surface area contributed by atoms with Crippen molar-refractivity contribution in [3.8, 4) is 0 Å². The Balaban J connectivity index is 2.48. The summed E-state index contributed by atoms with van der Waals surface area (Å²) in [6.45, 7) is 2.12. The van der Waals surface area contributed by atoms with E-state index < -0.39 is 20.0 Å². The zero-order valence-corrected chi connectivity index (χ0v) is 21.1. The third kappa shape index (κ3) is 7.08. The van der Waals surface area contributed by atoms with Crippen molar-refractivity contribution in [2.45, 2.75) is 24.8 Å². The second-order valence-corrected chi connectivity index (χ2v) is 11.7. The lowest BCUT2D eigenvalue weighted by Crippen LogP contribution is -2.34. The largest absolute Gasteiger partial charge is 0.383 e. The molecule has 2 aromatic rings. The molecular weight excluding hydrogens is 474 g/mol. The number of benzene rings is 2. The number of sulfonamides is 2. The molecule has 0 spiro atoms. The van der Waals surface area contributed by atoms with Crippen molar-refractivity contribution in [3.05, 3.63) is 53.1 Å². The van der Waals surface area contributed by atoms with Crippen molar-refractivity contribution in [1.82, 2.24) is 4.31 Å². The summed E-state index contributed by atoms with van der Waals surface area (Å²) in [7, 11) is -2.19. The highest BCUT2D eigenvalue weighted by molar-refractivity contribution is 7.92. The average molecular weight is 504 g/mol. The monoisotopic (exact) mass is 503 g/mol. The lowest BCUT2D eigenvalue weighted by Gasteiger charge is -2.26. The summed E-state index contributed by atoms with van der Waals surface area (Å²) >= 11 is 6.02. The highest BCUT2D eigenvalue weighted by atomic mass is 35.5. The minimum Gasteiger partial charge on any atom is -0.383 e. The molecule has 0 saturated heterocycles. The van der Waals surface area contributed by atoms with Crippen LogP contribution in [0.2, 0.25) is 5.02 Å². The minimum atomic E-state index is -3.88. The highest BCUT2D eigenvalue weighted by Crippen LogP contribution is 2.28. The molecule has 0 heterocycles. The van der Waals surface area contributed by atoms with Crippen LogP contribution in [0.1, 0.15) is 18.9 Å². The van der Waals surface area contributed by atoms with Crippen LogP contribution in [-0.4, -0.2) is 61.3 Å². The lowest BCUT2D eigenvalue weighted by atomic mass is 10.1. The number of rotatable bonds is 12. The summed E-state index contributed by atoms with van der Waals surface area (Å²) in [6.07, 6.45) is 0.487. The molecule has 2 rings (SSSR count). The number of methoxy groups -OCH3 is 1. The Hall–Kier alpha value is -1.85. The lowest BCUT2D eigenvalue weighted by molar-refractivity contribution is 0.177. The molecule has 0 atom stereocenters. The van der Waals surface area contributed by atoms with Crippen LogP contribution < -0.4 is 9.62 Å². The first kappa shape index (κ1) is 26.4. The predicted molar refractivity (Wildman–Crippen MR) is 129 cm³/mol. The number of halogens is 1. The Morgan fingerprint density at radius 2 is 1.78 bits per heavy atom. The first-order chi connectivity index (χ1) is 15.0. The Labute approximate surface area is 196 Å². The number of hydrogen-bond donors (Lipinski definition) is 1. The van der Waals surface area contributed by atoms with E-state index in [4.69, 9.17) is 16.3 Å². The van der Waals surface area contributed by atoms with Crippen molar-refractivity contribution in [2.75, 3.05) is 49.7 Å². The van der Waals surface area contributed by atoms with Crippen molar-refractivity contribution < 1.29 is 21.6 Å². The maximum absolute atomic E-state index is 13.4. The van der Waals surface area contributed by atoms with Gasteiger partial charge in [0.25, 0.3) is 0 Å². The standard InChI is InChI=1S/C21H30ClN3O5S2/c1-5-13-31(26,27)23-19-9-10-21(24(2)3)17(14-19)16-25(11-12-30-4)32(28,29)20-8-6-7-18(22)15-20/h6-10,14-15,23H,5,11-13,16H2,1-4H3. The van der Waals surface area contributed by atoms with Crippen LogP contribution in [0.25, 0.3) is 0 Å². The van der Waals surface area contributed by atoms with Gasteiger partial charge in [0, 0.05) is 50.7 Å². The molecule has 1 N–H and O–H groups in total. The van der Waals surface area contributed by atoms with E-state index in [-0.39, 0.29) is 30.3 Å². The van der Waals surface area contributed by atoms with Gasteiger partial charge >= 0.3 is 0 Å². The van der Waals surface area contributed by atoms with Gasteiger partial charge in [-0.15, -0.1) is 0 Å². The molecule has 0 fully saturated rings. The Morgan fingerprint density at radius 1 is 1.06 bits per heavy atom. The van der Waals surface area contributed by atoms with Gasteiger partial charge in [0.2, 0.25) is 20.0 Å². The van der Waals surface area contributed by atoms with Crippen LogP contribution in [0.5, 0.6) is 0 Å². The molecule has 11 heteroatoms.